The van der Waals surface area contributed by atoms with Crippen molar-refractivity contribution in [3.05, 3.63) is 59.2 Å². The summed E-state index contributed by atoms with van der Waals surface area (Å²) in [7, 11) is 0. The summed E-state index contributed by atoms with van der Waals surface area (Å²) in [4.78, 5) is 28.3. The molecule has 0 saturated carbocycles. The third-order valence-electron chi connectivity index (χ3n) is 5.89. The van der Waals surface area contributed by atoms with Crippen LogP contribution < -0.4 is 15.1 Å². The second-order valence-electron chi connectivity index (χ2n) is 7.68. The maximum Gasteiger partial charge on any atom is 0.282 e. The van der Waals surface area contributed by atoms with Gasteiger partial charge >= 0.3 is 0 Å². The first kappa shape index (κ1) is 20.1. The normalized spacial score (nSPS) is 15.9. The number of ketones is 1. The number of hydrogen-bond donors (Lipinski definition) is 2. The summed E-state index contributed by atoms with van der Waals surface area (Å²) in [5.74, 6) is -0.0816. The zero-order valence-electron chi connectivity index (χ0n) is 17.2. The Morgan fingerprint density at radius 2 is 1.71 bits per heavy atom. The highest BCUT2D eigenvalue weighted by atomic mass is 16.2. The standard InChI is InChI=1S/C23H29N3O2/c1-16-8-7-11-22(17(16)2)26-14-12-25(13-15-26)18(3)23(28)24-21-10-6-5-9-20(21)19(4)27/h5-11,18H,12-15H2,1-4H3,(H,24,28)/p+1/t18-/m0/s1. The predicted molar refractivity (Wildman–Crippen MR) is 113 cm³/mol. The van der Waals surface area contributed by atoms with E-state index in [2.05, 4.69) is 42.3 Å². The van der Waals surface area contributed by atoms with Gasteiger partial charge in [0.15, 0.2) is 11.8 Å². The van der Waals surface area contributed by atoms with E-state index in [-0.39, 0.29) is 17.7 Å². The number of nitrogens with one attached hydrogen (secondary N) is 2. The number of carbonyl (C=O) groups is 2. The Hall–Kier alpha value is -2.66. The smallest absolute Gasteiger partial charge is 0.282 e. The molecule has 1 atom stereocenters. The van der Waals surface area contributed by atoms with Gasteiger partial charge in [-0.1, -0.05) is 24.3 Å². The minimum atomic E-state index is -0.166. The fourth-order valence-electron chi connectivity index (χ4n) is 3.87. The minimum absolute atomic E-state index is 0.0381. The lowest BCUT2D eigenvalue weighted by Gasteiger charge is -2.36. The van der Waals surface area contributed by atoms with Crippen molar-refractivity contribution in [2.24, 2.45) is 0 Å². The van der Waals surface area contributed by atoms with Gasteiger partial charge in [0.25, 0.3) is 5.91 Å². The van der Waals surface area contributed by atoms with Crippen molar-refractivity contribution in [3.63, 3.8) is 0 Å². The fraction of sp³-hybridized carbons (Fsp3) is 0.391. The molecule has 1 fully saturated rings. The monoisotopic (exact) mass is 380 g/mol. The third kappa shape index (κ3) is 4.25. The summed E-state index contributed by atoms with van der Waals surface area (Å²) in [5, 5.41) is 2.95. The molecule has 1 aliphatic rings. The molecular weight excluding hydrogens is 350 g/mol. The van der Waals surface area contributed by atoms with Crippen molar-refractivity contribution in [1.82, 2.24) is 0 Å². The summed E-state index contributed by atoms with van der Waals surface area (Å²) < 4.78 is 0. The zero-order valence-corrected chi connectivity index (χ0v) is 17.2. The first-order valence-electron chi connectivity index (χ1n) is 9.95. The van der Waals surface area contributed by atoms with E-state index in [1.54, 1.807) is 12.1 Å². The molecular formula is C23H30N3O2+. The Balaban J connectivity index is 1.62. The Morgan fingerprint density at radius 1 is 1.04 bits per heavy atom. The number of benzene rings is 2. The number of carbonyl (C=O) groups excluding carboxylic acids is 2. The SMILES string of the molecule is CC(=O)c1ccccc1NC(=O)[C@H](C)[NH+]1CCN(c2cccc(C)c2C)CC1. The predicted octanol–water partition coefficient (Wildman–Crippen LogP) is 2.24. The van der Waals surface area contributed by atoms with Gasteiger partial charge < -0.3 is 15.1 Å². The highest BCUT2D eigenvalue weighted by Gasteiger charge is 2.30. The second kappa shape index (κ2) is 8.57. The number of hydrogen-bond acceptors (Lipinski definition) is 3. The number of quaternary nitrogens is 1. The molecule has 1 heterocycles. The first-order chi connectivity index (χ1) is 13.4. The van der Waals surface area contributed by atoms with E-state index in [1.165, 1.54) is 28.6 Å². The Kier molecular flexibility index (Phi) is 6.15. The molecule has 148 valence electrons. The number of Topliss-reactive ketones (excluding diaryl/α,β-unsaturated/α-hetero) is 1. The molecule has 28 heavy (non-hydrogen) atoms. The topological polar surface area (TPSA) is 53.9 Å². The summed E-state index contributed by atoms with van der Waals surface area (Å²) in [6, 6.07) is 13.5. The lowest BCUT2D eigenvalue weighted by molar-refractivity contribution is -0.914. The largest absolute Gasteiger partial charge is 0.360 e. The molecule has 2 N–H and O–H groups in total. The van der Waals surface area contributed by atoms with Crippen LogP contribution in [0.25, 0.3) is 0 Å². The Bertz CT molecular complexity index is 870. The van der Waals surface area contributed by atoms with E-state index in [0.29, 0.717) is 11.3 Å². The summed E-state index contributed by atoms with van der Waals surface area (Å²) in [6.45, 7) is 11.5. The second-order valence-corrected chi connectivity index (χ2v) is 7.68. The van der Waals surface area contributed by atoms with Crippen LogP contribution in [0.5, 0.6) is 0 Å². The highest BCUT2D eigenvalue weighted by molar-refractivity contribution is 6.04. The molecule has 1 amide bonds. The average molecular weight is 381 g/mol. The Morgan fingerprint density at radius 3 is 2.39 bits per heavy atom. The average Bonchev–Trinajstić information content (AvgIpc) is 2.70. The fourth-order valence-corrected chi connectivity index (χ4v) is 3.87. The molecule has 0 bridgehead atoms. The lowest BCUT2D eigenvalue weighted by Crippen LogP contribution is -3.19. The number of anilines is 2. The van der Waals surface area contributed by atoms with Crippen molar-refractivity contribution < 1.29 is 14.5 Å². The van der Waals surface area contributed by atoms with Gasteiger partial charge in [0, 0.05) is 11.3 Å². The number of aryl methyl sites for hydroxylation is 1. The van der Waals surface area contributed by atoms with Gasteiger partial charge in [0.1, 0.15) is 0 Å². The van der Waals surface area contributed by atoms with Crippen molar-refractivity contribution in [2.45, 2.75) is 33.7 Å². The van der Waals surface area contributed by atoms with Crippen LogP contribution in [0.3, 0.4) is 0 Å². The van der Waals surface area contributed by atoms with Crippen LogP contribution in [0.4, 0.5) is 11.4 Å². The van der Waals surface area contributed by atoms with Crippen LogP contribution in [-0.4, -0.2) is 43.9 Å². The highest BCUT2D eigenvalue weighted by Crippen LogP contribution is 2.22. The van der Waals surface area contributed by atoms with Gasteiger partial charge in [0.05, 0.1) is 31.9 Å². The van der Waals surface area contributed by atoms with E-state index in [4.69, 9.17) is 0 Å². The van der Waals surface area contributed by atoms with Crippen molar-refractivity contribution in [1.29, 1.82) is 0 Å². The van der Waals surface area contributed by atoms with E-state index in [9.17, 15) is 9.59 Å². The number of rotatable bonds is 5. The number of amides is 1. The summed E-state index contributed by atoms with van der Waals surface area (Å²) >= 11 is 0. The van der Waals surface area contributed by atoms with E-state index in [1.807, 2.05) is 19.1 Å². The quantitative estimate of drug-likeness (QED) is 0.783. The van der Waals surface area contributed by atoms with Gasteiger partial charge in [-0.2, -0.15) is 0 Å². The first-order valence-corrected chi connectivity index (χ1v) is 9.95. The van der Waals surface area contributed by atoms with E-state index < -0.39 is 0 Å². The van der Waals surface area contributed by atoms with Crippen LogP contribution in [-0.2, 0) is 4.79 Å². The number of para-hydroxylation sites is 1. The van der Waals surface area contributed by atoms with Crippen LogP contribution in [0.15, 0.2) is 42.5 Å². The molecule has 5 heteroatoms. The Labute approximate surface area is 167 Å². The van der Waals surface area contributed by atoms with Crippen LogP contribution in [0.1, 0.15) is 35.3 Å². The maximum absolute atomic E-state index is 12.8. The van der Waals surface area contributed by atoms with Crippen molar-refractivity contribution in [3.8, 4) is 0 Å². The molecule has 1 saturated heterocycles. The zero-order chi connectivity index (χ0) is 20.3. The third-order valence-corrected chi connectivity index (χ3v) is 5.89. The van der Waals surface area contributed by atoms with Gasteiger partial charge in [-0.25, -0.2) is 0 Å². The molecule has 5 nitrogen and oxygen atoms in total. The molecule has 0 unspecified atom stereocenters. The summed E-state index contributed by atoms with van der Waals surface area (Å²) in [6.07, 6.45) is 0. The van der Waals surface area contributed by atoms with Gasteiger partial charge in [0.2, 0.25) is 0 Å². The van der Waals surface area contributed by atoms with Gasteiger partial charge in [-0.3, -0.25) is 9.59 Å². The van der Waals surface area contributed by atoms with Crippen molar-refractivity contribution >= 4 is 23.1 Å². The molecule has 2 aromatic rings. The van der Waals surface area contributed by atoms with Gasteiger partial charge in [-0.15, -0.1) is 0 Å². The molecule has 1 aliphatic heterocycles. The van der Waals surface area contributed by atoms with Crippen LogP contribution in [0, 0.1) is 13.8 Å². The molecule has 0 radical (unpaired) electrons. The number of piperazine rings is 1. The molecule has 0 aliphatic carbocycles. The van der Waals surface area contributed by atoms with Crippen LogP contribution in [0.2, 0.25) is 0 Å². The molecule has 0 aromatic heterocycles. The minimum Gasteiger partial charge on any atom is -0.360 e. The molecule has 0 spiro atoms. The molecule has 3 rings (SSSR count). The maximum atomic E-state index is 12.8. The molecule has 2 aromatic carbocycles. The van der Waals surface area contributed by atoms with Crippen molar-refractivity contribution in [2.75, 3.05) is 36.4 Å². The van der Waals surface area contributed by atoms with Gasteiger partial charge in [-0.05, 0) is 57.0 Å². The lowest BCUT2D eigenvalue weighted by atomic mass is 10.1. The van der Waals surface area contributed by atoms with E-state index >= 15 is 0 Å². The van der Waals surface area contributed by atoms with Crippen LogP contribution >= 0.6 is 0 Å². The number of nitrogens with zero attached hydrogens (tertiary/aromatic N) is 1. The summed E-state index contributed by atoms with van der Waals surface area (Å²) in [5.41, 5.74) is 5.09. The van der Waals surface area contributed by atoms with E-state index in [0.717, 1.165) is 26.2 Å².